The Morgan fingerprint density at radius 2 is 1.89 bits per heavy atom. The molecule has 0 aliphatic rings. The zero-order valence-electron chi connectivity index (χ0n) is 17.1. The van der Waals surface area contributed by atoms with Crippen molar-refractivity contribution in [1.82, 2.24) is 15.6 Å². The molecule has 1 heterocycles. The van der Waals surface area contributed by atoms with E-state index in [9.17, 15) is 0 Å². The number of guanidine groups is 1. The van der Waals surface area contributed by atoms with Crippen LogP contribution in [0.2, 0.25) is 0 Å². The molecule has 0 radical (unpaired) electrons. The number of rotatable bonds is 9. The molecule has 2 rings (SSSR count). The summed E-state index contributed by atoms with van der Waals surface area (Å²) in [7, 11) is 1.76. The van der Waals surface area contributed by atoms with Crippen LogP contribution in [0.25, 0.3) is 0 Å². The van der Waals surface area contributed by atoms with Crippen molar-refractivity contribution in [2.24, 2.45) is 4.99 Å². The first-order valence-electron chi connectivity index (χ1n) is 9.48. The quantitative estimate of drug-likeness (QED) is 0.297. The van der Waals surface area contributed by atoms with Crippen LogP contribution in [0.3, 0.4) is 0 Å². The van der Waals surface area contributed by atoms with Crippen molar-refractivity contribution in [3.05, 3.63) is 48.2 Å². The summed E-state index contributed by atoms with van der Waals surface area (Å²) in [6.07, 6.45) is 3.69. The van der Waals surface area contributed by atoms with E-state index in [1.54, 1.807) is 13.2 Å². The van der Waals surface area contributed by atoms with Crippen molar-refractivity contribution >= 4 is 29.9 Å². The van der Waals surface area contributed by atoms with Crippen molar-refractivity contribution in [2.45, 2.75) is 46.2 Å². The second kappa shape index (κ2) is 13.2. The molecule has 28 heavy (non-hydrogen) atoms. The summed E-state index contributed by atoms with van der Waals surface area (Å²) in [4.78, 5) is 8.66. The van der Waals surface area contributed by atoms with Gasteiger partial charge in [0.25, 0.3) is 0 Å². The van der Waals surface area contributed by atoms with Gasteiger partial charge in [-0.3, -0.25) is 4.99 Å². The third kappa shape index (κ3) is 7.53. The number of hydrogen-bond acceptors (Lipinski definition) is 4. The molecule has 6 nitrogen and oxygen atoms in total. The van der Waals surface area contributed by atoms with E-state index < -0.39 is 0 Å². The lowest BCUT2D eigenvalue weighted by Gasteiger charge is -2.17. The van der Waals surface area contributed by atoms with Crippen molar-refractivity contribution < 1.29 is 9.47 Å². The molecule has 0 aliphatic heterocycles. The zero-order valence-corrected chi connectivity index (χ0v) is 19.4. The third-order valence-electron chi connectivity index (χ3n) is 4.03. The topological polar surface area (TPSA) is 67.8 Å². The molecule has 2 aromatic rings. The van der Waals surface area contributed by atoms with Crippen LogP contribution in [-0.4, -0.2) is 30.6 Å². The fraction of sp³-hybridized carbons (Fsp3) is 0.429. The van der Waals surface area contributed by atoms with Crippen molar-refractivity contribution in [2.75, 3.05) is 13.7 Å². The van der Waals surface area contributed by atoms with Gasteiger partial charge in [-0.2, -0.15) is 0 Å². The highest BCUT2D eigenvalue weighted by Crippen LogP contribution is 2.31. The first kappa shape index (κ1) is 24.0. The molecule has 0 fully saturated rings. The summed E-state index contributed by atoms with van der Waals surface area (Å²) >= 11 is 0. The fourth-order valence-electron chi connectivity index (χ4n) is 2.33. The second-order valence-corrected chi connectivity index (χ2v) is 6.24. The van der Waals surface area contributed by atoms with Crippen molar-refractivity contribution in [1.29, 1.82) is 0 Å². The predicted octanol–water partition coefficient (Wildman–Crippen LogP) is 4.74. The molecule has 0 amide bonds. The highest BCUT2D eigenvalue weighted by atomic mass is 127. The number of aliphatic imine (C=N–C) groups is 1. The lowest BCUT2D eigenvalue weighted by molar-refractivity contribution is 0.300. The van der Waals surface area contributed by atoms with Gasteiger partial charge in [-0.05, 0) is 38.0 Å². The highest BCUT2D eigenvalue weighted by Gasteiger charge is 2.11. The van der Waals surface area contributed by atoms with Gasteiger partial charge in [0.05, 0.1) is 6.61 Å². The van der Waals surface area contributed by atoms with E-state index in [2.05, 4.69) is 41.4 Å². The Hall–Kier alpha value is -2.03. The van der Waals surface area contributed by atoms with Crippen LogP contribution in [-0.2, 0) is 6.54 Å². The van der Waals surface area contributed by atoms with Crippen LogP contribution in [0, 0.1) is 0 Å². The van der Waals surface area contributed by atoms with Gasteiger partial charge in [-0.15, -0.1) is 24.0 Å². The first-order chi connectivity index (χ1) is 13.2. The molecular formula is C21H31IN4O2. The van der Waals surface area contributed by atoms with Gasteiger partial charge >= 0.3 is 0 Å². The van der Waals surface area contributed by atoms with Crippen molar-refractivity contribution in [3.63, 3.8) is 0 Å². The van der Waals surface area contributed by atoms with Gasteiger partial charge in [0.2, 0.25) is 5.88 Å². The molecule has 1 aromatic heterocycles. The van der Waals surface area contributed by atoms with E-state index in [-0.39, 0.29) is 24.0 Å². The number of pyridine rings is 1. The minimum Gasteiger partial charge on any atom is -0.490 e. The van der Waals surface area contributed by atoms with E-state index in [1.807, 2.05) is 36.4 Å². The summed E-state index contributed by atoms with van der Waals surface area (Å²) in [6.45, 7) is 7.53. The standard InChI is InChI=1S/C21H30N4O2.HI/c1-5-14-26-18-11-7-8-12-19(18)27-20-17(10-9-13-23-20)15-24-21(22-4)25-16(3)6-2;/h7-13,16H,5-6,14-15H2,1-4H3,(H2,22,24,25);1H. The predicted molar refractivity (Wildman–Crippen MR) is 125 cm³/mol. The molecule has 0 spiro atoms. The Morgan fingerprint density at radius 1 is 1.14 bits per heavy atom. The SMILES string of the molecule is CCCOc1ccccc1Oc1ncccc1CNC(=NC)NC(C)CC.I. The minimum absolute atomic E-state index is 0. The second-order valence-electron chi connectivity index (χ2n) is 6.24. The Labute approximate surface area is 185 Å². The van der Waals surface area contributed by atoms with Crippen LogP contribution in [0.5, 0.6) is 17.4 Å². The maximum atomic E-state index is 6.07. The van der Waals surface area contributed by atoms with E-state index in [1.165, 1.54) is 0 Å². The summed E-state index contributed by atoms with van der Waals surface area (Å²) in [5.74, 6) is 2.69. The fourth-order valence-corrected chi connectivity index (χ4v) is 2.33. The number of benzene rings is 1. The molecule has 154 valence electrons. The lowest BCUT2D eigenvalue weighted by Crippen LogP contribution is -2.41. The zero-order chi connectivity index (χ0) is 19.5. The maximum Gasteiger partial charge on any atom is 0.224 e. The number of hydrogen-bond donors (Lipinski definition) is 2. The Morgan fingerprint density at radius 3 is 2.57 bits per heavy atom. The summed E-state index contributed by atoms with van der Waals surface area (Å²) < 4.78 is 11.8. The number of halogens is 1. The van der Waals surface area contributed by atoms with Crippen LogP contribution >= 0.6 is 24.0 Å². The maximum absolute atomic E-state index is 6.07. The minimum atomic E-state index is 0. The molecule has 7 heteroatoms. The molecule has 0 bridgehead atoms. The first-order valence-corrected chi connectivity index (χ1v) is 9.48. The molecule has 1 aromatic carbocycles. The molecule has 1 unspecified atom stereocenters. The van der Waals surface area contributed by atoms with Gasteiger partial charge < -0.3 is 20.1 Å². The lowest BCUT2D eigenvalue weighted by atomic mass is 10.2. The van der Waals surface area contributed by atoms with E-state index in [0.717, 1.165) is 30.1 Å². The summed E-state index contributed by atoms with van der Waals surface area (Å²) in [6, 6.07) is 11.9. The average molecular weight is 498 g/mol. The molecular weight excluding hydrogens is 467 g/mol. The van der Waals surface area contributed by atoms with Gasteiger partial charge in [0, 0.05) is 31.4 Å². The number of para-hydroxylation sites is 2. The number of ether oxygens (including phenoxy) is 2. The number of nitrogens with zero attached hydrogens (tertiary/aromatic N) is 2. The van der Waals surface area contributed by atoms with Crippen LogP contribution in [0.4, 0.5) is 0 Å². The number of nitrogens with one attached hydrogen (secondary N) is 2. The van der Waals surface area contributed by atoms with Gasteiger partial charge in [0.15, 0.2) is 17.5 Å². The van der Waals surface area contributed by atoms with E-state index >= 15 is 0 Å². The monoisotopic (exact) mass is 498 g/mol. The Kier molecular flexibility index (Phi) is 11.3. The largest absolute Gasteiger partial charge is 0.490 e. The van der Waals surface area contributed by atoms with E-state index in [4.69, 9.17) is 9.47 Å². The Balaban J connectivity index is 0.00000392. The smallest absolute Gasteiger partial charge is 0.224 e. The van der Waals surface area contributed by atoms with E-state index in [0.29, 0.717) is 30.8 Å². The summed E-state index contributed by atoms with van der Waals surface area (Å²) in [5.41, 5.74) is 0.940. The van der Waals surface area contributed by atoms with Crippen LogP contribution in [0.15, 0.2) is 47.6 Å². The van der Waals surface area contributed by atoms with Gasteiger partial charge in [-0.1, -0.05) is 32.0 Å². The molecule has 0 saturated carbocycles. The average Bonchev–Trinajstić information content (AvgIpc) is 2.71. The summed E-state index contributed by atoms with van der Waals surface area (Å²) in [5, 5.41) is 6.66. The third-order valence-corrected chi connectivity index (χ3v) is 4.03. The van der Waals surface area contributed by atoms with Crippen LogP contribution in [0.1, 0.15) is 39.2 Å². The molecule has 2 N–H and O–H groups in total. The number of aromatic nitrogens is 1. The molecule has 0 aliphatic carbocycles. The van der Waals surface area contributed by atoms with Crippen molar-refractivity contribution in [3.8, 4) is 17.4 Å². The van der Waals surface area contributed by atoms with Crippen LogP contribution < -0.4 is 20.1 Å². The highest BCUT2D eigenvalue weighted by molar-refractivity contribution is 14.0. The Bertz CT molecular complexity index is 740. The van der Waals surface area contributed by atoms with Gasteiger partial charge in [0.1, 0.15) is 0 Å². The molecule has 0 saturated heterocycles. The normalized spacial score (nSPS) is 11.9. The molecule has 1 atom stereocenters. The van der Waals surface area contributed by atoms with Gasteiger partial charge in [-0.25, -0.2) is 4.98 Å².